The smallest absolute Gasteiger partial charge is 0.0626 e. The molecule has 2 heteroatoms. The fourth-order valence-corrected chi connectivity index (χ4v) is 1.82. The Balaban J connectivity index is 2.81. The van der Waals surface area contributed by atoms with Crippen molar-refractivity contribution in [1.29, 1.82) is 0 Å². The van der Waals surface area contributed by atoms with Crippen LogP contribution in [-0.2, 0) is 0 Å². The summed E-state index contributed by atoms with van der Waals surface area (Å²) in [5.41, 5.74) is 3.69. The van der Waals surface area contributed by atoms with Gasteiger partial charge in [0.1, 0.15) is 0 Å². The van der Waals surface area contributed by atoms with Gasteiger partial charge in [-0.3, -0.25) is 0 Å². The Bertz CT molecular complexity index is 289. The van der Waals surface area contributed by atoms with Crippen LogP contribution in [0.2, 0.25) is 0 Å². The quantitative estimate of drug-likeness (QED) is 0.776. The fraction of sp³-hybridized carbons (Fsp3) is 0.538. The highest BCUT2D eigenvalue weighted by atomic mass is 16.3. The van der Waals surface area contributed by atoms with Crippen molar-refractivity contribution < 1.29 is 5.11 Å². The average Bonchev–Trinajstić information content (AvgIpc) is 2.17. The lowest BCUT2D eigenvalue weighted by molar-refractivity contribution is 0.245. The average molecular weight is 207 g/mol. The Kier molecular flexibility index (Phi) is 4.79. The molecular weight excluding hydrogens is 186 g/mol. The Morgan fingerprint density at radius 1 is 1.20 bits per heavy atom. The molecule has 0 aliphatic heterocycles. The van der Waals surface area contributed by atoms with Gasteiger partial charge in [-0.05, 0) is 32.4 Å². The van der Waals surface area contributed by atoms with E-state index < -0.39 is 0 Å². The number of hydrogen-bond acceptors (Lipinski definition) is 2. The Hall–Kier alpha value is -0.860. The van der Waals surface area contributed by atoms with Gasteiger partial charge >= 0.3 is 0 Å². The first-order valence-corrected chi connectivity index (χ1v) is 5.59. The predicted octanol–water partition coefficient (Wildman–Crippen LogP) is 2.34. The van der Waals surface area contributed by atoms with Crippen LogP contribution in [-0.4, -0.2) is 18.3 Å². The molecule has 84 valence electrons. The van der Waals surface area contributed by atoms with Gasteiger partial charge in [-0.15, -0.1) is 0 Å². The summed E-state index contributed by atoms with van der Waals surface area (Å²) in [5.74, 6) is 0. The molecule has 0 saturated heterocycles. The van der Waals surface area contributed by atoms with Gasteiger partial charge < -0.3 is 10.4 Å². The number of aliphatic hydroxyl groups excluding tert-OH is 1. The van der Waals surface area contributed by atoms with Crippen LogP contribution in [0.4, 0.5) is 0 Å². The summed E-state index contributed by atoms with van der Waals surface area (Å²) in [7, 11) is 0. The number of aryl methyl sites for hydroxylation is 2. The second kappa shape index (κ2) is 5.89. The van der Waals surface area contributed by atoms with Crippen molar-refractivity contribution >= 4 is 0 Å². The number of aliphatic hydroxyl groups is 1. The molecule has 0 radical (unpaired) electrons. The van der Waals surface area contributed by atoms with Crippen LogP contribution in [0.25, 0.3) is 0 Å². The Morgan fingerprint density at radius 2 is 1.80 bits per heavy atom. The molecule has 0 aliphatic rings. The maximum atomic E-state index is 9.33. The molecule has 15 heavy (non-hydrogen) atoms. The lowest BCUT2D eigenvalue weighted by Gasteiger charge is -2.17. The van der Waals surface area contributed by atoms with E-state index in [9.17, 15) is 5.11 Å². The second-order valence-corrected chi connectivity index (χ2v) is 4.11. The summed E-state index contributed by atoms with van der Waals surface area (Å²) in [6.45, 7) is 7.40. The Morgan fingerprint density at radius 3 is 2.27 bits per heavy atom. The molecule has 1 unspecified atom stereocenters. The minimum absolute atomic E-state index is 0.0727. The maximum absolute atomic E-state index is 9.33. The first-order chi connectivity index (χ1) is 7.17. The van der Waals surface area contributed by atoms with Crippen LogP contribution < -0.4 is 5.32 Å². The highest BCUT2D eigenvalue weighted by Crippen LogP contribution is 2.16. The molecule has 0 amide bonds. The van der Waals surface area contributed by atoms with Crippen molar-refractivity contribution in [3.63, 3.8) is 0 Å². The summed E-state index contributed by atoms with van der Waals surface area (Å²) in [5, 5.41) is 12.7. The molecular formula is C13H21NO. The molecule has 0 spiro atoms. The van der Waals surface area contributed by atoms with Crippen LogP contribution in [0.3, 0.4) is 0 Å². The van der Waals surface area contributed by atoms with Crippen molar-refractivity contribution in [3.8, 4) is 0 Å². The summed E-state index contributed by atoms with van der Waals surface area (Å²) >= 11 is 0. The lowest BCUT2D eigenvalue weighted by atomic mass is 10.0. The maximum Gasteiger partial charge on any atom is 0.0626 e. The first-order valence-electron chi connectivity index (χ1n) is 5.59. The molecule has 2 nitrogen and oxygen atoms in total. The molecule has 1 aromatic rings. The van der Waals surface area contributed by atoms with Crippen LogP contribution in [0.15, 0.2) is 18.2 Å². The molecule has 0 saturated carbocycles. The van der Waals surface area contributed by atoms with Gasteiger partial charge in [0.25, 0.3) is 0 Å². The fourth-order valence-electron chi connectivity index (χ4n) is 1.82. The van der Waals surface area contributed by atoms with Crippen LogP contribution in [0, 0.1) is 13.8 Å². The van der Waals surface area contributed by atoms with Gasteiger partial charge in [-0.1, -0.05) is 36.2 Å². The Labute approximate surface area is 92.3 Å². The van der Waals surface area contributed by atoms with E-state index in [0.29, 0.717) is 0 Å². The highest BCUT2D eigenvalue weighted by molar-refractivity contribution is 5.30. The van der Waals surface area contributed by atoms with Gasteiger partial charge in [0.2, 0.25) is 0 Å². The summed E-state index contributed by atoms with van der Waals surface area (Å²) in [6, 6.07) is 6.49. The summed E-state index contributed by atoms with van der Waals surface area (Å²) in [6.07, 6.45) is 1.08. The molecule has 0 aliphatic carbocycles. The van der Waals surface area contributed by atoms with Crippen molar-refractivity contribution in [2.24, 2.45) is 0 Å². The second-order valence-electron chi connectivity index (χ2n) is 4.11. The van der Waals surface area contributed by atoms with Gasteiger partial charge in [0.15, 0.2) is 0 Å². The number of benzene rings is 1. The molecule has 1 aromatic carbocycles. The van der Waals surface area contributed by atoms with E-state index >= 15 is 0 Å². The number of rotatable bonds is 5. The topological polar surface area (TPSA) is 32.3 Å². The molecule has 2 N–H and O–H groups in total. The minimum Gasteiger partial charge on any atom is -0.394 e. The van der Waals surface area contributed by atoms with E-state index in [2.05, 4.69) is 44.3 Å². The predicted molar refractivity (Wildman–Crippen MR) is 64.0 cm³/mol. The van der Waals surface area contributed by atoms with Crippen molar-refractivity contribution in [3.05, 3.63) is 34.9 Å². The van der Waals surface area contributed by atoms with Crippen molar-refractivity contribution in [2.45, 2.75) is 33.2 Å². The summed E-state index contributed by atoms with van der Waals surface area (Å²) in [4.78, 5) is 0. The zero-order valence-corrected chi connectivity index (χ0v) is 9.88. The third kappa shape index (κ3) is 3.65. The van der Waals surface area contributed by atoms with Crippen LogP contribution in [0.5, 0.6) is 0 Å². The zero-order chi connectivity index (χ0) is 11.3. The number of hydrogen-bond donors (Lipinski definition) is 2. The van der Waals surface area contributed by atoms with E-state index in [1.165, 1.54) is 16.7 Å². The van der Waals surface area contributed by atoms with Crippen LogP contribution >= 0.6 is 0 Å². The van der Waals surface area contributed by atoms with Gasteiger partial charge in [-0.2, -0.15) is 0 Å². The molecule has 1 atom stereocenters. The largest absolute Gasteiger partial charge is 0.394 e. The van der Waals surface area contributed by atoms with Crippen molar-refractivity contribution in [2.75, 3.05) is 13.2 Å². The summed E-state index contributed by atoms with van der Waals surface area (Å²) < 4.78 is 0. The minimum atomic E-state index is 0.0727. The standard InChI is InChI=1S/C13H21NO/c1-4-5-14-13(9-15)12-7-10(2)6-11(3)8-12/h6-8,13-15H,4-5,9H2,1-3H3. The third-order valence-corrected chi connectivity index (χ3v) is 2.47. The normalized spacial score (nSPS) is 12.8. The van der Waals surface area contributed by atoms with E-state index in [1.54, 1.807) is 0 Å². The van der Waals surface area contributed by atoms with Crippen molar-refractivity contribution in [1.82, 2.24) is 5.32 Å². The molecule has 0 aromatic heterocycles. The zero-order valence-electron chi connectivity index (χ0n) is 9.88. The molecule has 1 rings (SSSR count). The van der Waals surface area contributed by atoms with E-state index in [4.69, 9.17) is 0 Å². The van der Waals surface area contributed by atoms with Gasteiger partial charge in [0.05, 0.1) is 12.6 Å². The molecule has 0 heterocycles. The number of nitrogens with one attached hydrogen (secondary N) is 1. The first kappa shape index (κ1) is 12.2. The highest BCUT2D eigenvalue weighted by Gasteiger charge is 2.09. The van der Waals surface area contributed by atoms with E-state index in [0.717, 1.165) is 13.0 Å². The monoisotopic (exact) mass is 207 g/mol. The van der Waals surface area contributed by atoms with E-state index in [-0.39, 0.29) is 12.6 Å². The SMILES string of the molecule is CCCNC(CO)c1cc(C)cc(C)c1. The van der Waals surface area contributed by atoms with E-state index in [1.807, 2.05) is 0 Å². The van der Waals surface area contributed by atoms with Crippen LogP contribution in [0.1, 0.15) is 36.1 Å². The molecule has 0 bridgehead atoms. The van der Waals surface area contributed by atoms with Gasteiger partial charge in [0, 0.05) is 0 Å². The van der Waals surface area contributed by atoms with Gasteiger partial charge in [-0.25, -0.2) is 0 Å². The third-order valence-electron chi connectivity index (χ3n) is 2.47. The molecule has 0 fully saturated rings. The lowest BCUT2D eigenvalue weighted by Crippen LogP contribution is -2.25.